The van der Waals surface area contributed by atoms with E-state index in [1.54, 1.807) is 11.3 Å². The van der Waals surface area contributed by atoms with E-state index < -0.39 is 0 Å². The molecule has 28 heavy (non-hydrogen) atoms. The zero-order valence-corrected chi connectivity index (χ0v) is 16.8. The van der Waals surface area contributed by atoms with Crippen LogP contribution in [0.2, 0.25) is 0 Å². The molecule has 0 bridgehead atoms. The molecule has 0 spiro atoms. The van der Waals surface area contributed by atoms with Crippen molar-refractivity contribution in [3.05, 3.63) is 77.0 Å². The van der Waals surface area contributed by atoms with Crippen molar-refractivity contribution in [1.82, 2.24) is 5.32 Å². The smallest absolute Gasteiger partial charge is 0.248 e. The van der Waals surface area contributed by atoms with Gasteiger partial charge in [0.1, 0.15) is 6.04 Å². The summed E-state index contributed by atoms with van der Waals surface area (Å²) in [7, 11) is 0. The number of hydrogen-bond donors (Lipinski definition) is 2. The average molecular weight is 391 g/mol. The molecule has 1 saturated carbocycles. The Hall–Kier alpha value is -2.59. The number of carbonyl (C=O) groups is 1. The standard InChI is InChI=1S/C24H26N2OS/c27-24(26-20-12-5-2-6-13-20)23(22-15-8-16-28-22)25-21-14-7-11-19(17-21)18-9-3-1-4-10-18/h1,3-4,7-11,14-17,20,23,25H,2,5-6,12-13H2,(H,26,27). The van der Waals surface area contributed by atoms with Crippen LogP contribution in [0, 0.1) is 0 Å². The summed E-state index contributed by atoms with van der Waals surface area (Å²) in [5.74, 6) is 0.0689. The molecule has 4 heteroatoms. The SMILES string of the molecule is O=C(NC1CCCCC1)C(Nc1cccc(-c2ccccc2)c1)c1cccs1. The van der Waals surface area contributed by atoms with Gasteiger partial charge in [-0.05, 0) is 47.5 Å². The molecule has 0 saturated heterocycles. The molecule has 3 nitrogen and oxygen atoms in total. The van der Waals surface area contributed by atoms with Crippen LogP contribution in [0.3, 0.4) is 0 Å². The molecule has 2 aromatic carbocycles. The van der Waals surface area contributed by atoms with E-state index in [4.69, 9.17) is 0 Å². The number of rotatable bonds is 6. The van der Waals surface area contributed by atoms with Gasteiger partial charge in [-0.3, -0.25) is 4.79 Å². The number of thiophene rings is 1. The van der Waals surface area contributed by atoms with Crippen molar-refractivity contribution >= 4 is 22.9 Å². The Morgan fingerprint density at radius 2 is 1.68 bits per heavy atom. The maximum atomic E-state index is 13.1. The van der Waals surface area contributed by atoms with Gasteiger partial charge in [0.05, 0.1) is 0 Å². The molecule has 1 heterocycles. The molecule has 2 N–H and O–H groups in total. The van der Waals surface area contributed by atoms with Crippen LogP contribution in [0.5, 0.6) is 0 Å². The number of nitrogens with one attached hydrogen (secondary N) is 2. The van der Waals surface area contributed by atoms with Gasteiger partial charge in [-0.2, -0.15) is 0 Å². The highest BCUT2D eigenvalue weighted by Crippen LogP contribution is 2.28. The fourth-order valence-electron chi connectivity index (χ4n) is 3.84. The van der Waals surface area contributed by atoms with Crippen LogP contribution in [-0.2, 0) is 4.79 Å². The van der Waals surface area contributed by atoms with Crippen molar-refractivity contribution in [3.8, 4) is 11.1 Å². The number of amides is 1. The number of carbonyl (C=O) groups excluding carboxylic acids is 1. The highest BCUT2D eigenvalue weighted by molar-refractivity contribution is 7.10. The molecule has 1 atom stereocenters. The van der Waals surface area contributed by atoms with E-state index in [0.29, 0.717) is 6.04 Å². The summed E-state index contributed by atoms with van der Waals surface area (Å²) in [6.45, 7) is 0. The minimum absolute atomic E-state index is 0.0689. The van der Waals surface area contributed by atoms with Crippen LogP contribution in [0.4, 0.5) is 5.69 Å². The fourth-order valence-corrected chi connectivity index (χ4v) is 4.61. The Balaban J connectivity index is 1.54. The molecular weight excluding hydrogens is 364 g/mol. The van der Waals surface area contributed by atoms with Gasteiger partial charge < -0.3 is 10.6 Å². The number of anilines is 1. The molecular formula is C24H26N2OS. The lowest BCUT2D eigenvalue weighted by Crippen LogP contribution is -2.41. The minimum Gasteiger partial charge on any atom is -0.369 e. The van der Waals surface area contributed by atoms with Crippen LogP contribution < -0.4 is 10.6 Å². The second-order valence-corrected chi connectivity index (χ2v) is 8.36. The Labute approximate surface area is 170 Å². The van der Waals surface area contributed by atoms with Crippen LogP contribution in [0.25, 0.3) is 11.1 Å². The van der Waals surface area contributed by atoms with E-state index in [1.165, 1.54) is 24.8 Å². The van der Waals surface area contributed by atoms with Gasteiger partial charge in [0.2, 0.25) is 5.91 Å². The van der Waals surface area contributed by atoms with Gasteiger partial charge >= 0.3 is 0 Å². The van der Waals surface area contributed by atoms with Crippen LogP contribution in [-0.4, -0.2) is 11.9 Å². The molecule has 1 fully saturated rings. The van der Waals surface area contributed by atoms with Gasteiger partial charge in [-0.1, -0.05) is 67.8 Å². The third-order valence-corrected chi connectivity index (χ3v) is 6.26. The Morgan fingerprint density at radius 1 is 0.893 bits per heavy atom. The molecule has 1 aliphatic carbocycles. The van der Waals surface area contributed by atoms with Crippen molar-refractivity contribution < 1.29 is 4.79 Å². The zero-order valence-electron chi connectivity index (χ0n) is 15.9. The lowest BCUT2D eigenvalue weighted by molar-refractivity contribution is -0.122. The van der Waals surface area contributed by atoms with Crippen molar-refractivity contribution in [1.29, 1.82) is 0 Å². The van der Waals surface area contributed by atoms with Crippen LogP contribution in [0.1, 0.15) is 43.0 Å². The van der Waals surface area contributed by atoms with Gasteiger partial charge in [-0.15, -0.1) is 11.3 Å². The third kappa shape index (κ3) is 4.63. The first-order chi connectivity index (χ1) is 13.8. The molecule has 0 radical (unpaired) electrons. The zero-order chi connectivity index (χ0) is 19.2. The van der Waals surface area contributed by atoms with Gasteiger partial charge in [0, 0.05) is 16.6 Å². The molecule has 3 aromatic rings. The molecule has 1 amide bonds. The summed E-state index contributed by atoms with van der Waals surface area (Å²) in [6, 6.07) is 22.6. The lowest BCUT2D eigenvalue weighted by atomic mass is 9.95. The summed E-state index contributed by atoms with van der Waals surface area (Å²) in [6.07, 6.45) is 5.88. The quantitative estimate of drug-likeness (QED) is 0.540. The first-order valence-electron chi connectivity index (χ1n) is 10.1. The van der Waals surface area contributed by atoms with E-state index in [2.05, 4.69) is 34.9 Å². The highest BCUT2D eigenvalue weighted by Gasteiger charge is 2.25. The van der Waals surface area contributed by atoms with Crippen LogP contribution >= 0.6 is 11.3 Å². The molecule has 1 aromatic heterocycles. The van der Waals surface area contributed by atoms with E-state index >= 15 is 0 Å². The van der Waals surface area contributed by atoms with Gasteiger partial charge in [0.25, 0.3) is 0 Å². The number of hydrogen-bond acceptors (Lipinski definition) is 3. The molecule has 1 aliphatic rings. The maximum absolute atomic E-state index is 13.1. The van der Waals surface area contributed by atoms with Crippen molar-refractivity contribution in [2.24, 2.45) is 0 Å². The van der Waals surface area contributed by atoms with E-state index in [-0.39, 0.29) is 11.9 Å². The molecule has 4 rings (SSSR count). The second-order valence-electron chi connectivity index (χ2n) is 7.38. The summed E-state index contributed by atoms with van der Waals surface area (Å²) in [4.78, 5) is 14.1. The Kier molecular flexibility index (Phi) is 6.07. The van der Waals surface area contributed by atoms with Crippen LogP contribution in [0.15, 0.2) is 72.1 Å². The van der Waals surface area contributed by atoms with Crippen molar-refractivity contribution in [2.75, 3.05) is 5.32 Å². The van der Waals surface area contributed by atoms with Crippen molar-refractivity contribution in [2.45, 2.75) is 44.2 Å². The fraction of sp³-hybridized carbons (Fsp3) is 0.292. The highest BCUT2D eigenvalue weighted by atomic mass is 32.1. The summed E-state index contributed by atoms with van der Waals surface area (Å²) in [5, 5.41) is 8.78. The predicted molar refractivity (Wildman–Crippen MR) is 118 cm³/mol. The van der Waals surface area contributed by atoms with E-state index in [9.17, 15) is 4.79 Å². The largest absolute Gasteiger partial charge is 0.369 e. The normalized spacial score (nSPS) is 15.7. The summed E-state index contributed by atoms with van der Waals surface area (Å²) in [5.41, 5.74) is 3.27. The second kappa shape index (κ2) is 9.07. The summed E-state index contributed by atoms with van der Waals surface area (Å²) >= 11 is 1.62. The van der Waals surface area contributed by atoms with E-state index in [1.807, 2.05) is 47.8 Å². The maximum Gasteiger partial charge on any atom is 0.248 e. The third-order valence-electron chi connectivity index (χ3n) is 5.32. The topological polar surface area (TPSA) is 41.1 Å². The monoisotopic (exact) mass is 390 g/mol. The van der Waals surface area contributed by atoms with Gasteiger partial charge in [-0.25, -0.2) is 0 Å². The van der Waals surface area contributed by atoms with Crippen molar-refractivity contribution in [3.63, 3.8) is 0 Å². The predicted octanol–water partition coefficient (Wildman–Crippen LogP) is 6.02. The first-order valence-corrected chi connectivity index (χ1v) is 10.9. The van der Waals surface area contributed by atoms with E-state index in [0.717, 1.165) is 29.0 Å². The summed E-state index contributed by atoms with van der Waals surface area (Å²) < 4.78 is 0. The van der Waals surface area contributed by atoms with Gasteiger partial charge in [0.15, 0.2) is 0 Å². The molecule has 144 valence electrons. The Morgan fingerprint density at radius 3 is 2.43 bits per heavy atom. The average Bonchev–Trinajstić information content (AvgIpc) is 3.28. The number of benzene rings is 2. The minimum atomic E-state index is -0.368. The molecule has 0 aliphatic heterocycles. The Bertz CT molecular complexity index is 886. The lowest BCUT2D eigenvalue weighted by Gasteiger charge is -2.26. The first kappa shape index (κ1) is 18.8. The molecule has 1 unspecified atom stereocenters.